The van der Waals surface area contributed by atoms with Gasteiger partial charge in [-0.25, -0.2) is 9.97 Å². The molecule has 1 saturated heterocycles. The van der Waals surface area contributed by atoms with Gasteiger partial charge in [0.1, 0.15) is 5.69 Å². The molecular weight excluding hydrogens is 282 g/mol. The molecule has 0 radical (unpaired) electrons. The second-order valence-corrected chi connectivity index (χ2v) is 5.98. The van der Waals surface area contributed by atoms with E-state index in [2.05, 4.69) is 9.97 Å². The first kappa shape index (κ1) is 13.2. The fourth-order valence-electron chi connectivity index (χ4n) is 3.52. The maximum absolute atomic E-state index is 12.6. The predicted octanol–water partition coefficient (Wildman–Crippen LogP) is 1.42. The zero-order chi connectivity index (χ0) is 15.3. The molecule has 0 aromatic carbocycles. The van der Waals surface area contributed by atoms with E-state index in [0.29, 0.717) is 24.4 Å². The topological polar surface area (TPSA) is 83.4 Å². The molecule has 2 aromatic heterocycles. The lowest BCUT2D eigenvalue weighted by Gasteiger charge is -2.25. The van der Waals surface area contributed by atoms with Crippen molar-refractivity contribution in [2.75, 3.05) is 13.1 Å². The first-order chi connectivity index (χ1) is 10.6. The van der Waals surface area contributed by atoms with Crippen molar-refractivity contribution in [3.05, 3.63) is 36.2 Å². The van der Waals surface area contributed by atoms with E-state index in [1.807, 2.05) is 18.2 Å². The highest BCUT2D eigenvalue weighted by atomic mass is 16.4. The molecule has 1 N–H and O–H groups in total. The number of carboxylic acids is 1. The van der Waals surface area contributed by atoms with Gasteiger partial charge in [0.05, 0.1) is 5.92 Å². The third kappa shape index (κ3) is 2.03. The number of pyridine rings is 2. The van der Waals surface area contributed by atoms with Crippen LogP contribution in [0.2, 0.25) is 0 Å². The van der Waals surface area contributed by atoms with Crippen LogP contribution in [-0.2, 0) is 4.79 Å². The van der Waals surface area contributed by atoms with Gasteiger partial charge in [-0.15, -0.1) is 0 Å². The van der Waals surface area contributed by atoms with Crippen LogP contribution < -0.4 is 0 Å². The zero-order valence-corrected chi connectivity index (χ0v) is 11.8. The van der Waals surface area contributed by atoms with Crippen LogP contribution in [0.3, 0.4) is 0 Å². The monoisotopic (exact) mass is 297 g/mol. The molecule has 1 saturated carbocycles. The Hall–Kier alpha value is -2.50. The van der Waals surface area contributed by atoms with Crippen LogP contribution >= 0.6 is 0 Å². The number of aliphatic carboxylic acids is 1. The van der Waals surface area contributed by atoms with Crippen LogP contribution in [0.5, 0.6) is 0 Å². The molecule has 4 rings (SSSR count). The van der Waals surface area contributed by atoms with Crippen molar-refractivity contribution >= 4 is 22.9 Å². The highest BCUT2D eigenvalue weighted by Gasteiger charge is 2.57. The number of fused-ring (bicyclic) bond motifs is 2. The van der Waals surface area contributed by atoms with Gasteiger partial charge in [0.15, 0.2) is 5.65 Å². The van der Waals surface area contributed by atoms with E-state index in [9.17, 15) is 9.59 Å². The number of rotatable bonds is 2. The molecule has 112 valence electrons. The number of aromatic nitrogens is 2. The number of nitrogens with zero attached hydrogens (tertiary/aromatic N) is 3. The van der Waals surface area contributed by atoms with Crippen LogP contribution in [-0.4, -0.2) is 44.9 Å². The maximum Gasteiger partial charge on any atom is 0.307 e. The summed E-state index contributed by atoms with van der Waals surface area (Å²) in [5.74, 6) is -0.801. The Morgan fingerprint density at radius 1 is 1.23 bits per heavy atom. The van der Waals surface area contributed by atoms with E-state index >= 15 is 0 Å². The molecule has 2 fully saturated rings. The lowest BCUT2D eigenvalue weighted by Crippen LogP contribution is -2.37. The van der Waals surface area contributed by atoms with Crippen LogP contribution in [0.4, 0.5) is 0 Å². The van der Waals surface area contributed by atoms with E-state index in [1.54, 1.807) is 17.2 Å². The van der Waals surface area contributed by atoms with E-state index in [4.69, 9.17) is 5.11 Å². The zero-order valence-electron chi connectivity index (χ0n) is 11.8. The molecule has 6 heteroatoms. The number of carbonyl (C=O) groups excluding carboxylic acids is 1. The molecule has 2 aromatic rings. The van der Waals surface area contributed by atoms with Crippen molar-refractivity contribution in [3.63, 3.8) is 0 Å². The van der Waals surface area contributed by atoms with Crippen molar-refractivity contribution in [3.8, 4) is 0 Å². The number of carbonyl (C=O) groups is 2. The Kier molecular flexibility index (Phi) is 2.85. The van der Waals surface area contributed by atoms with Crippen LogP contribution in [0.25, 0.3) is 11.0 Å². The average molecular weight is 297 g/mol. The van der Waals surface area contributed by atoms with Gasteiger partial charge in [0.25, 0.3) is 5.91 Å². The lowest BCUT2D eigenvalue weighted by molar-refractivity contribution is -0.139. The molecule has 1 amide bonds. The van der Waals surface area contributed by atoms with Gasteiger partial charge in [-0.05, 0) is 42.5 Å². The SMILES string of the molecule is O=C(O)[C@@H]1[C@@H]2CCN(C(=O)c3ccc4cccnc4n3)C[C@@H]21. The Balaban J connectivity index is 1.55. The summed E-state index contributed by atoms with van der Waals surface area (Å²) in [6, 6.07) is 7.28. The summed E-state index contributed by atoms with van der Waals surface area (Å²) >= 11 is 0. The highest BCUT2D eigenvalue weighted by molar-refractivity contribution is 5.94. The second-order valence-electron chi connectivity index (χ2n) is 5.98. The summed E-state index contributed by atoms with van der Waals surface area (Å²) in [4.78, 5) is 33.9. The second kappa shape index (κ2) is 4.76. The van der Waals surface area contributed by atoms with Crippen molar-refractivity contribution in [1.29, 1.82) is 0 Å². The fourth-order valence-corrected chi connectivity index (χ4v) is 3.52. The van der Waals surface area contributed by atoms with Crippen LogP contribution in [0, 0.1) is 17.8 Å². The number of piperidine rings is 1. The van der Waals surface area contributed by atoms with Crippen LogP contribution in [0.15, 0.2) is 30.5 Å². The van der Waals surface area contributed by atoms with Crippen molar-refractivity contribution in [2.45, 2.75) is 6.42 Å². The average Bonchev–Trinajstić information content (AvgIpc) is 3.27. The summed E-state index contributed by atoms with van der Waals surface area (Å²) in [6.45, 7) is 1.12. The Morgan fingerprint density at radius 2 is 2.09 bits per heavy atom. The van der Waals surface area contributed by atoms with Gasteiger partial charge < -0.3 is 10.0 Å². The summed E-state index contributed by atoms with van der Waals surface area (Å²) in [5, 5.41) is 10.0. The summed E-state index contributed by atoms with van der Waals surface area (Å²) in [6.07, 6.45) is 2.41. The molecule has 1 aliphatic carbocycles. The Bertz CT molecular complexity index is 776. The number of hydrogen-bond acceptors (Lipinski definition) is 4. The van der Waals surface area contributed by atoms with Crippen LogP contribution in [0.1, 0.15) is 16.9 Å². The van der Waals surface area contributed by atoms with Gasteiger partial charge in [-0.1, -0.05) is 0 Å². The van der Waals surface area contributed by atoms with Crippen molar-refractivity contribution in [1.82, 2.24) is 14.9 Å². The van der Waals surface area contributed by atoms with E-state index < -0.39 is 5.97 Å². The molecule has 6 nitrogen and oxygen atoms in total. The molecule has 0 unspecified atom stereocenters. The highest BCUT2D eigenvalue weighted by Crippen LogP contribution is 2.51. The molecule has 22 heavy (non-hydrogen) atoms. The van der Waals surface area contributed by atoms with Crippen molar-refractivity contribution < 1.29 is 14.7 Å². The Labute approximate surface area is 126 Å². The molecule has 3 atom stereocenters. The Morgan fingerprint density at radius 3 is 2.91 bits per heavy atom. The summed E-state index contributed by atoms with van der Waals surface area (Å²) in [5.41, 5.74) is 0.926. The third-order valence-corrected chi connectivity index (χ3v) is 4.75. The molecular formula is C16H15N3O3. The van der Waals surface area contributed by atoms with Gasteiger partial charge in [-0.3, -0.25) is 9.59 Å². The maximum atomic E-state index is 12.6. The standard InChI is InChI=1S/C16H15N3O3/c20-15(12-4-3-9-2-1-6-17-14(9)18-12)19-7-5-10-11(8-19)13(10)16(21)22/h1-4,6,10-11,13H,5,7-8H2,(H,21,22)/t10-,11+,13-/m1/s1. The summed E-state index contributed by atoms with van der Waals surface area (Å²) in [7, 11) is 0. The quantitative estimate of drug-likeness (QED) is 0.906. The minimum atomic E-state index is -0.739. The normalized spacial score (nSPS) is 26.5. The van der Waals surface area contributed by atoms with E-state index in [1.165, 1.54) is 0 Å². The van der Waals surface area contributed by atoms with E-state index in [-0.39, 0.29) is 23.7 Å². The summed E-state index contributed by atoms with van der Waals surface area (Å²) < 4.78 is 0. The smallest absolute Gasteiger partial charge is 0.307 e. The van der Waals surface area contributed by atoms with Gasteiger partial charge in [0.2, 0.25) is 0 Å². The number of likely N-dealkylation sites (tertiary alicyclic amines) is 1. The largest absolute Gasteiger partial charge is 0.481 e. The molecule has 3 heterocycles. The number of amides is 1. The first-order valence-corrected chi connectivity index (χ1v) is 7.39. The fraction of sp³-hybridized carbons (Fsp3) is 0.375. The van der Waals surface area contributed by atoms with E-state index in [0.717, 1.165) is 11.8 Å². The predicted molar refractivity (Wildman–Crippen MR) is 78.2 cm³/mol. The molecule has 0 spiro atoms. The lowest BCUT2D eigenvalue weighted by atomic mass is 10.1. The minimum absolute atomic E-state index is 0.105. The van der Waals surface area contributed by atoms with Gasteiger partial charge in [0, 0.05) is 24.7 Å². The first-order valence-electron chi connectivity index (χ1n) is 7.39. The number of hydrogen-bond donors (Lipinski definition) is 1. The molecule has 0 bridgehead atoms. The van der Waals surface area contributed by atoms with Crippen molar-refractivity contribution in [2.24, 2.45) is 17.8 Å². The minimum Gasteiger partial charge on any atom is -0.481 e. The van der Waals surface area contributed by atoms with Gasteiger partial charge in [-0.2, -0.15) is 0 Å². The molecule has 2 aliphatic rings. The third-order valence-electron chi connectivity index (χ3n) is 4.75. The molecule has 1 aliphatic heterocycles. The van der Waals surface area contributed by atoms with Gasteiger partial charge >= 0.3 is 5.97 Å². The number of carboxylic acid groups (broad SMARTS) is 1.